The van der Waals surface area contributed by atoms with Crippen LogP contribution in [0.5, 0.6) is 0 Å². The Kier molecular flexibility index (Phi) is 4.72. The molecule has 0 radical (unpaired) electrons. The first-order chi connectivity index (χ1) is 9.88. The number of hydrogen-bond donors (Lipinski definition) is 1. The topological polar surface area (TPSA) is 67.6 Å². The van der Waals surface area contributed by atoms with Crippen LogP contribution in [0.25, 0.3) is 10.7 Å². The van der Waals surface area contributed by atoms with Gasteiger partial charge in [0.1, 0.15) is 0 Å². The van der Waals surface area contributed by atoms with E-state index in [4.69, 9.17) is 4.74 Å². The molecule has 2 aromatic heterocycles. The van der Waals surface area contributed by atoms with Gasteiger partial charge < -0.3 is 10.5 Å². The third kappa shape index (κ3) is 3.06. The van der Waals surface area contributed by atoms with E-state index in [1.54, 1.807) is 23.1 Å². The van der Waals surface area contributed by atoms with Gasteiger partial charge in [-0.3, -0.25) is 4.57 Å². The van der Waals surface area contributed by atoms with E-state index in [1.807, 2.05) is 6.07 Å². The summed E-state index contributed by atoms with van der Waals surface area (Å²) in [6.07, 6.45) is 2.58. The van der Waals surface area contributed by atoms with Crippen molar-refractivity contribution >= 4 is 23.1 Å². The summed E-state index contributed by atoms with van der Waals surface area (Å²) in [5, 5.41) is 11.8. The normalized spacial score (nSPS) is 18.8. The number of nitrogens with zero attached hydrogens (tertiary/aromatic N) is 3. The largest absolute Gasteiger partial charge is 0.376 e. The highest BCUT2D eigenvalue weighted by Gasteiger charge is 2.21. The molecule has 1 atom stereocenters. The van der Waals surface area contributed by atoms with E-state index < -0.39 is 0 Å². The van der Waals surface area contributed by atoms with Crippen LogP contribution in [-0.4, -0.2) is 39.8 Å². The van der Waals surface area contributed by atoms with Crippen molar-refractivity contribution in [3.8, 4) is 10.7 Å². The van der Waals surface area contributed by atoms with Crippen molar-refractivity contribution in [3.63, 3.8) is 0 Å². The monoisotopic (exact) mass is 311 g/mol. The standard InChI is InChI=1S/C13H18N4OS2/c14-5-8-20-13-16-15-12(11-4-2-7-19-11)17(13)9-10-3-1-6-18-10/h2,4,7,10H,1,3,5-6,8-9,14H2/p+1/t10-/m1/s1. The lowest BCUT2D eigenvalue weighted by molar-refractivity contribution is -0.360. The molecular weight excluding hydrogens is 292 g/mol. The third-order valence-corrected chi connectivity index (χ3v) is 5.16. The maximum atomic E-state index is 5.76. The predicted octanol–water partition coefficient (Wildman–Crippen LogP) is 1.52. The molecule has 3 heterocycles. The van der Waals surface area contributed by atoms with Crippen LogP contribution in [0.3, 0.4) is 0 Å². The number of ether oxygens (including phenoxy) is 1. The maximum Gasteiger partial charge on any atom is 0.191 e. The molecule has 0 saturated carbocycles. The highest BCUT2D eigenvalue weighted by molar-refractivity contribution is 7.99. The molecule has 3 N–H and O–H groups in total. The molecule has 0 aliphatic carbocycles. The molecule has 5 nitrogen and oxygen atoms in total. The molecule has 0 bridgehead atoms. The van der Waals surface area contributed by atoms with Gasteiger partial charge in [-0.2, -0.15) is 0 Å². The lowest BCUT2D eigenvalue weighted by Gasteiger charge is -2.13. The second-order valence-electron chi connectivity index (χ2n) is 4.73. The average molecular weight is 311 g/mol. The van der Waals surface area contributed by atoms with Crippen LogP contribution >= 0.6 is 23.1 Å². The summed E-state index contributed by atoms with van der Waals surface area (Å²) < 4.78 is 7.97. The summed E-state index contributed by atoms with van der Waals surface area (Å²) in [4.78, 5) is 1.16. The number of thiophene rings is 1. The molecule has 108 valence electrons. The summed E-state index contributed by atoms with van der Waals surface area (Å²) in [6.45, 7) is 2.62. The second-order valence-corrected chi connectivity index (χ2v) is 6.74. The summed E-state index contributed by atoms with van der Waals surface area (Å²) in [5.74, 6) is 1.93. The van der Waals surface area contributed by atoms with Gasteiger partial charge in [0.15, 0.2) is 11.0 Å². The van der Waals surface area contributed by atoms with Gasteiger partial charge >= 0.3 is 0 Å². The predicted molar refractivity (Wildman–Crippen MR) is 80.8 cm³/mol. The fraction of sp³-hybridized carbons (Fsp3) is 0.538. The van der Waals surface area contributed by atoms with Crippen molar-refractivity contribution in [2.24, 2.45) is 0 Å². The Hall–Kier alpha value is -0.890. The number of hydrogen-bond acceptors (Lipinski definition) is 5. The maximum absolute atomic E-state index is 5.76. The molecule has 1 aliphatic heterocycles. The Morgan fingerprint density at radius 2 is 2.45 bits per heavy atom. The molecule has 7 heteroatoms. The number of thioether (sulfide) groups is 1. The Balaban J connectivity index is 1.86. The molecule has 2 aromatic rings. The molecular formula is C13H19N4OS2+. The van der Waals surface area contributed by atoms with Crippen molar-refractivity contribution in [3.05, 3.63) is 17.5 Å². The lowest BCUT2D eigenvalue weighted by Crippen LogP contribution is -2.51. The van der Waals surface area contributed by atoms with Gasteiger partial charge in [0.2, 0.25) is 0 Å². The third-order valence-electron chi connectivity index (χ3n) is 3.24. The molecule has 0 unspecified atom stereocenters. The summed E-state index contributed by atoms with van der Waals surface area (Å²) in [7, 11) is 0. The first-order valence-electron chi connectivity index (χ1n) is 6.89. The van der Waals surface area contributed by atoms with Gasteiger partial charge in [0.25, 0.3) is 0 Å². The van der Waals surface area contributed by atoms with Crippen LogP contribution in [0.15, 0.2) is 22.7 Å². The number of rotatable bonds is 6. The minimum Gasteiger partial charge on any atom is -0.376 e. The Labute approximate surface area is 126 Å². The van der Waals surface area contributed by atoms with Crippen molar-refractivity contribution in [2.75, 3.05) is 18.9 Å². The van der Waals surface area contributed by atoms with Gasteiger partial charge in [-0.25, -0.2) is 0 Å². The van der Waals surface area contributed by atoms with Crippen molar-refractivity contribution < 1.29 is 10.5 Å². The van der Waals surface area contributed by atoms with Crippen molar-refractivity contribution in [1.82, 2.24) is 14.8 Å². The first kappa shape index (κ1) is 14.1. The fourth-order valence-electron chi connectivity index (χ4n) is 2.30. The van der Waals surface area contributed by atoms with E-state index in [-0.39, 0.29) is 0 Å². The van der Waals surface area contributed by atoms with Gasteiger partial charge in [0, 0.05) is 6.61 Å². The van der Waals surface area contributed by atoms with E-state index in [0.29, 0.717) is 6.10 Å². The van der Waals surface area contributed by atoms with Gasteiger partial charge in [-0.1, -0.05) is 17.8 Å². The van der Waals surface area contributed by atoms with E-state index in [1.165, 1.54) is 0 Å². The van der Waals surface area contributed by atoms with Crippen LogP contribution in [0.2, 0.25) is 0 Å². The molecule has 1 saturated heterocycles. The highest BCUT2D eigenvalue weighted by Crippen LogP contribution is 2.28. The van der Waals surface area contributed by atoms with Crippen LogP contribution in [0.4, 0.5) is 0 Å². The first-order valence-corrected chi connectivity index (χ1v) is 8.75. The Morgan fingerprint density at radius 1 is 1.50 bits per heavy atom. The van der Waals surface area contributed by atoms with Gasteiger partial charge in [-0.15, -0.1) is 21.5 Å². The number of aromatic nitrogens is 3. The molecule has 0 amide bonds. The van der Waals surface area contributed by atoms with Crippen molar-refractivity contribution in [2.45, 2.75) is 30.6 Å². The fourth-order valence-corrected chi connectivity index (χ4v) is 3.76. The van der Waals surface area contributed by atoms with Crippen molar-refractivity contribution in [1.29, 1.82) is 0 Å². The molecule has 1 aliphatic rings. The second kappa shape index (κ2) is 6.71. The Bertz CT molecular complexity index is 535. The van der Waals surface area contributed by atoms with Gasteiger partial charge in [-0.05, 0) is 24.3 Å². The summed E-state index contributed by atoms with van der Waals surface area (Å²) in [6, 6.07) is 4.14. The summed E-state index contributed by atoms with van der Waals surface area (Å²) in [5.41, 5.74) is 3.89. The average Bonchev–Trinajstić information content (AvgIpc) is 3.19. The minimum absolute atomic E-state index is 0.295. The van der Waals surface area contributed by atoms with E-state index in [0.717, 1.165) is 54.1 Å². The van der Waals surface area contributed by atoms with Crippen LogP contribution in [-0.2, 0) is 11.3 Å². The zero-order chi connectivity index (χ0) is 13.8. The zero-order valence-electron chi connectivity index (χ0n) is 11.3. The molecule has 1 fully saturated rings. The molecule has 3 rings (SSSR count). The summed E-state index contributed by atoms with van der Waals surface area (Å²) >= 11 is 3.42. The molecule has 20 heavy (non-hydrogen) atoms. The van der Waals surface area contributed by atoms with E-state index in [9.17, 15) is 0 Å². The van der Waals surface area contributed by atoms with E-state index in [2.05, 4.69) is 31.9 Å². The van der Waals surface area contributed by atoms with Crippen LogP contribution in [0.1, 0.15) is 12.8 Å². The highest BCUT2D eigenvalue weighted by atomic mass is 32.2. The minimum atomic E-state index is 0.295. The van der Waals surface area contributed by atoms with Gasteiger partial charge in [0.05, 0.1) is 29.8 Å². The lowest BCUT2D eigenvalue weighted by atomic mass is 10.2. The Morgan fingerprint density at radius 3 is 3.15 bits per heavy atom. The SMILES string of the molecule is [NH3+]CCSc1nnc(-c2cccs2)n1C[C@H]1CCCO1. The quantitative estimate of drug-likeness (QED) is 0.821. The zero-order valence-corrected chi connectivity index (χ0v) is 13.0. The number of quaternary nitrogens is 1. The molecule has 0 spiro atoms. The molecule has 0 aromatic carbocycles. The smallest absolute Gasteiger partial charge is 0.191 e. The van der Waals surface area contributed by atoms with Crippen LogP contribution in [0, 0.1) is 0 Å². The van der Waals surface area contributed by atoms with E-state index >= 15 is 0 Å². The van der Waals surface area contributed by atoms with Crippen LogP contribution < -0.4 is 5.73 Å².